The van der Waals surface area contributed by atoms with Crippen LogP contribution in [0.1, 0.15) is 18.5 Å². The van der Waals surface area contributed by atoms with E-state index in [0.29, 0.717) is 0 Å². The van der Waals surface area contributed by atoms with Gasteiger partial charge in [-0.25, -0.2) is 21.9 Å². The van der Waals surface area contributed by atoms with Crippen LogP contribution < -0.4 is 14.8 Å². The third-order valence-electron chi connectivity index (χ3n) is 4.34. The van der Waals surface area contributed by atoms with E-state index in [1.807, 2.05) is 30.3 Å². The summed E-state index contributed by atoms with van der Waals surface area (Å²) in [7, 11) is -3.75. The van der Waals surface area contributed by atoms with Crippen molar-refractivity contribution in [2.75, 3.05) is 11.9 Å². The van der Waals surface area contributed by atoms with Crippen LogP contribution in [0.4, 0.5) is 14.5 Å². The summed E-state index contributed by atoms with van der Waals surface area (Å²) in [6.07, 6.45) is 0. The third-order valence-corrected chi connectivity index (χ3v) is 5.90. The number of carbonyl (C=O) groups is 1. The van der Waals surface area contributed by atoms with Crippen molar-refractivity contribution in [1.82, 2.24) is 4.72 Å². The summed E-state index contributed by atoms with van der Waals surface area (Å²) in [6.45, 7) is 1.35. The number of amides is 1. The average molecular weight is 446 g/mol. The zero-order valence-corrected chi connectivity index (χ0v) is 17.3. The zero-order chi connectivity index (χ0) is 22.4. The molecule has 1 amide bonds. The Morgan fingerprint density at radius 1 is 0.968 bits per heavy atom. The fourth-order valence-electron chi connectivity index (χ4n) is 2.75. The van der Waals surface area contributed by atoms with Gasteiger partial charge in [0.05, 0.1) is 4.90 Å². The summed E-state index contributed by atoms with van der Waals surface area (Å²) in [4.78, 5) is 12.0. The molecule has 3 rings (SSSR count). The van der Waals surface area contributed by atoms with Crippen molar-refractivity contribution in [3.8, 4) is 5.75 Å². The number of nitrogens with one attached hydrogen (secondary N) is 2. The van der Waals surface area contributed by atoms with Gasteiger partial charge in [0.1, 0.15) is 5.75 Å². The number of hydrogen-bond acceptors (Lipinski definition) is 4. The molecule has 1 unspecified atom stereocenters. The highest BCUT2D eigenvalue weighted by Gasteiger charge is 2.18. The summed E-state index contributed by atoms with van der Waals surface area (Å²) in [6, 6.07) is 17.3. The largest absolute Gasteiger partial charge is 0.484 e. The number of hydrogen-bond donors (Lipinski definition) is 2. The monoisotopic (exact) mass is 446 g/mol. The normalized spacial score (nSPS) is 12.2. The van der Waals surface area contributed by atoms with E-state index in [1.165, 1.54) is 30.3 Å². The Hall–Kier alpha value is -3.30. The van der Waals surface area contributed by atoms with Crippen LogP contribution in [-0.4, -0.2) is 20.9 Å². The molecule has 162 valence electrons. The van der Waals surface area contributed by atoms with Gasteiger partial charge in [0, 0.05) is 17.8 Å². The first-order chi connectivity index (χ1) is 14.7. The molecule has 0 aliphatic rings. The number of ether oxygens (including phenoxy) is 1. The summed E-state index contributed by atoms with van der Waals surface area (Å²) in [5.74, 6) is -2.40. The Morgan fingerprint density at radius 2 is 1.65 bits per heavy atom. The van der Waals surface area contributed by atoms with Crippen molar-refractivity contribution in [1.29, 1.82) is 0 Å². The zero-order valence-electron chi connectivity index (χ0n) is 16.5. The van der Waals surface area contributed by atoms with Crippen LogP contribution in [0.15, 0.2) is 77.7 Å². The molecule has 0 saturated carbocycles. The van der Waals surface area contributed by atoms with E-state index >= 15 is 0 Å². The lowest BCUT2D eigenvalue weighted by atomic mass is 10.1. The van der Waals surface area contributed by atoms with Crippen molar-refractivity contribution in [2.45, 2.75) is 17.9 Å². The molecule has 2 N–H and O–H groups in total. The number of carbonyl (C=O) groups excluding carboxylic acids is 1. The predicted molar refractivity (Wildman–Crippen MR) is 112 cm³/mol. The second kappa shape index (κ2) is 9.67. The number of benzene rings is 3. The van der Waals surface area contributed by atoms with Crippen molar-refractivity contribution >= 4 is 21.6 Å². The molecule has 6 nitrogen and oxygen atoms in total. The predicted octanol–water partition coefficient (Wildman–Crippen LogP) is 4.02. The fourth-order valence-corrected chi connectivity index (χ4v) is 3.98. The van der Waals surface area contributed by atoms with Gasteiger partial charge in [0.15, 0.2) is 18.2 Å². The Kier molecular flexibility index (Phi) is 6.98. The minimum absolute atomic E-state index is 0.0499. The number of sulfonamides is 1. The second-order valence-corrected chi connectivity index (χ2v) is 8.40. The highest BCUT2D eigenvalue weighted by Crippen LogP contribution is 2.20. The lowest BCUT2D eigenvalue weighted by Gasteiger charge is -2.15. The van der Waals surface area contributed by atoms with Crippen LogP contribution in [0.5, 0.6) is 5.75 Å². The summed E-state index contributed by atoms with van der Waals surface area (Å²) in [5, 5.41) is 2.38. The maximum atomic E-state index is 13.2. The number of anilines is 1. The van der Waals surface area contributed by atoms with Crippen molar-refractivity contribution in [3.05, 3.63) is 90.0 Å². The minimum atomic E-state index is -3.75. The van der Waals surface area contributed by atoms with Crippen LogP contribution in [0, 0.1) is 11.6 Å². The molecule has 0 radical (unpaired) electrons. The summed E-state index contributed by atoms with van der Waals surface area (Å²) in [5.41, 5.74) is 0.922. The van der Waals surface area contributed by atoms with Gasteiger partial charge in [-0.2, -0.15) is 0 Å². The van der Waals surface area contributed by atoms with Gasteiger partial charge < -0.3 is 10.1 Å². The Balaban J connectivity index is 1.56. The highest BCUT2D eigenvalue weighted by molar-refractivity contribution is 7.89. The maximum Gasteiger partial charge on any atom is 0.262 e. The Labute approximate surface area is 178 Å². The maximum absolute atomic E-state index is 13.2. The molecule has 9 heteroatoms. The minimum Gasteiger partial charge on any atom is -0.484 e. The smallest absolute Gasteiger partial charge is 0.262 e. The van der Waals surface area contributed by atoms with Crippen LogP contribution in [0.3, 0.4) is 0 Å². The fraction of sp³-hybridized carbons (Fsp3) is 0.136. The van der Waals surface area contributed by atoms with Gasteiger partial charge in [-0.15, -0.1) is 0 Å². The SMILES string of the molecule is CC(NS(=O)(=O)c1ccc(OCC(=O)Nc2ccc(F)c(F)c2)cc1)c1ccccc1. The van der Waals surface area contributed by atoms with E-state index < -0.39 is 40.2 Å². The lowest BCUT2D eigenvalue weighted by Crippen LogP contribution is -2.26. The van der Waals surface area contributed by atoms with Crippen LogP contribution in [-0.2, 0) is 14.8 Å². The first-order valence-corrected chi connectivity index (χ1v) is 10.8. The molecule has 0 aliphatic heterocycles. The molecule has 0 saturated heterocycles. The molecule has 0 heterocycles. The Bertz CT molecular complexity index is 1150. The van der Waals surface area contributed by atoms with E-state index in [-0.39, 0.29) is 16.3 Å². The molecule has 31 heavy (non-hydrogen) atoms. The topological polar surface area (TPSA) is 84.5 Å². The van der Waals surface area contributed by atoms with Gasteiger partial charge in [0.25, 0.3) is 5.91 Å². The summed E-state index contributed by atoms with van der Waals surface area (Å²) >= 11 is 0. The standard InChI is InChI=1S/C22H20F2N2O4S/c1-15(16-5-3-2-4-6-16)26-31(28,29)19-10-8-18(9-11-19)30-14-22(27)25-17-7-12-20(23)21(24)13-17/h2-13,15,26H,14H2,1H3,(H,25,27). The Morgan fingerprint density at radius 3 is 2.29 bits per heavy atom. The molecule has 0 aromatic heterocycles. The van der Waals surface area contributed by atoms with Crippen molar-refractivity contribution < 1.29 is 26.7 Å². The third kappa shape index (κ3) is 6.09. The quantitative estimate of drug-likeness (QED) is 0.547. The molecule has 0 spiro atoms. The van der Waals surface area contributed by atoms with Gasteiger partial charge in [-0.1, -0.05) is 30.3 Å². The van der Waals surface area contributed by atoms with E-state index in [0.717, 1.165) is 17.7 Å². The number of rotatable bonds is 8. The lowest BCUT2D eigenvalue weighted by molar-refractivity contribution is -0.118. The molecule has 0 aliphatic carbocycles. The van der Waals surface area contributed by atoms with E-state index in [4.69, 9.17) is 4.74 Å². The van der Waals surface area contributed by atoms with E-state index in [1.54, 1.807) is 6.92 Å². The molecular formula is C22H20F2N2O4S. The first kappa shape index (κ1) is 22.4. The van der Waals surface area contributed by atoms with Gasteiger partial charge in [-0.3, -0.25) is 4.79 Å². The van der Waals surface area contributed by atoms with Gasteiger partial charge in [0.2, 0.25) is 10.0 Å². The van der Waals surface area contributed by atoms with Gasteiger partial charge in [-0.05, 0) is 48.9 Å². The van der Waals surface area contributed by atoms with Crippen LogP contribution in [0.2, 0.25) is 0 Å². The molecule has 1 atom stereocenters. The van der Waals surface area contributed by atoms with Crippen LogP contribution in [0.25, 0.3) is 0 Å². The van der Waals surface area contributed by atoms with E-state index in [2.05, 4.69) is 10.0 Å². The average Bonchev–Trinajstić information content (AvgIpc) is 2.75. The van der Waals surface area contributed by atoms with Crippen molar-refractivity contribution in [3.63, 3.8) is 0 Å². The highest BCUT2D eigenvalue weighted by atomic mass is 32.2. The molecule has 3 aromatic carbocycles. The molecule has 0 fully saturated rings. The van der Waals surface area contributed by atoms with Gasteiger partial charge >= 0.3 is 0 Å². The van der Waals surface area contributed by atoms with Crippen molar-refractivity contribution in [2.24, 2.45) is 0 Å². The van der Waals surface area contributed by atoms with E-state index in [9.17, 15) is 22.0 Å². The van der Waals surface area contributed by atoms with Crippen LogP contribution >= 0.6 is 0 Å². The molecular weight excluding hydrogens is 426 g/mol. The number of halogens is 2. The molecule has 0 bridgehead atoms. The second-order valence-electron chi connectivity index (χ2n) is 6.69. The molecule has 3 aromatic rings. The first-order valence-electron chi connectivity index (χ1n) is 9.29. The summed E-state index contributed by atoms with van der Waals surface area (Å²) < 4.78 is 59.2.